The molecule has 0 saturated carbocycles. The van der Waals surface area contributed by atoms with Crippen molar-refractivity contribution in [2.45, 2.75) is 30.3 Å². The lowest BCUT2D eigenvalue weighted by Crippen LogP contribution is -2.39. The Morgan fingerprint density at radius 2 is 1.81 bits per heavy atom. The lowest BCUT2D eigenvalue weighted by atomic mass is 10.1. The number of aliphatic hydroxyl groups is 1. The van der Waals surface area contributed by atoms with Gasteiger partial charge in [0.1, 0.15) is 0 Å². The predicted octanol–water partition coefficient (Wildman–Crippen LogP) is 3.05. The second-order valence-corrected chi connectivity index (χ2v) is 7.93. The lowest BCUT2D eigenvalue weighted by Gasteiger charge is -2.18. The maximum atomic E-state index is 13.5. The molecule has 0 radical (unpaired) electrons. The zero-order valence-electron chi connectivity index (χ0n) is 14.7. The first-order valence-corrected chi connectivity index (χ1v) is 9.88. The standard InChI is InChI=1S/C13H10F2O2S.C5H9FN2O/c1-18(16,17)10-7-5-9(6-8-10)11-3-2-4-12(14)13(11)15;1-2-5(9)4(6)7-3-8-5/h2-8H,1H3;3-4,9H,2H2,1H3,(H,7,8). The average molecular weight is 400 g/mol. The Kier molecular flexibility index (Phi) is 6.27. The molecular weight excluding hydrogens is 381 g/mol. The highest BCUT2D eigenvalue weighted by atomic mass is 32.2. The Morgan fingerprint density at radius 3 is 2.26 bits per heavy atom. The van der Waals surface area contributed by atoms with Crippen molar-refractivity contribution in [3.63, 3.8) is 0 Å². The van der Waals surface area contributed by atoms with Crippen LogP contribution in [0.1, 0.15) is 13.3 Å². The van der Waals surface area contributed by atoms with E-state index in [9.17, 15) is 21.6 Å². The third-order valence-corrected chi connectivity index (χ3v) is 5.11. The van der Waals surface area contributed by atoms with Gasteiger partial charge in [0.15, 0.2) is 21.5 Å². The molecule has 1 aliphatic heterocycles. The lowest BCUT2D eigenvalue weighted by molar-refractivity contribution is -0.0251. The molecule has 0 spiro atoms. The summed E-state index contributed by atoms with van der Waals surface area (Å²) >= 11 is 0. The number of hydrogen-bond donors (Lipinski definition) is 2. The zero-order chi connectivity index (χ0) is 20.2. The topological polar surface area (TPSA) is 78.8 Å². The summed E-state index contributed by atoms with van der Waals surface area (Å²) in [5.74, 6) is -1.87. The number of sulfone groups is 1. The summed E-state index contributed by atoms with van der Waals surface area (Å²) < 4.78 is 61.6. The van der Waals surface area contributed by atoms with Crippen LogP contribution in [0.2, 0.25) is 0 Å². The molecule has 1 aliphatic rings. The van der Waals surface area contributed by atoms with Crippen molar-refractivity contribution in [1.29, 1.82) is 0 Å². The minimum atomic E-state index is -3.29. The van der Waals surface area contributed by atoms with Gasteiger partial charge in [0, 0.05) is 11.8 Å². The molecule has 0 bridgehead atoms. The Hall–Kier alpha value is -2.39. The van der Waals surface area contributed by atoms with Crippen molar-refractivity contribution in [3.05, 3.63) is 54.1 Å². The summed E-state index contributed by atoms with van der Waals surface area (Å²) in [5, 5.41) is 11.4. The fraction of sp³-hybridized carbons (Fsp3) is 0.278. The molecule has 1 heterocycles. The van der Waals surface area contributed by atoms with Crippen molar-refractivity contribution in [3.8, 4) is 11.1 Å². The normalized spacial score (nSPS) is 21.3. The van der Waals surface area contributed by atoms with Crippen LogP contribution >= 0.6 is 0 Å². The van der Waals surface area contributed by atoms with Crippen LogP contribution in [0.5, 0.6) is 0 Å². The van der Waals surface area contributed by atoms with Gasteiger partial charge in [-0.15, -0.1) is 0 Å². The number of nitrogens with one attached hydrogen (secondary N) is 1. The fourth-order valence-corrected chi connectivity index (χ4v) is 2.92. The van der Waals surface area contributed by atoms with E-state index in [-0.39, 0.29) is 16.9 Å². The van der Waals surface area contributed by atoms with Gasteiger partial charge in [0.25, 0.3) is 0 Å². The Labute approximate surface area is 155 Å². The summed E-state index contributed by atoms with van der Waals surface area (Å²) in [6, 6.07) is 9.52. The molecule has 5 nitrogen and oxygen atoms in total. The van der Waals surface area contributed by atoms with Gasteiger partial charge < -0.3 is 10.4 Å². The summed E-state index contributed by atoms with van der Waals surface area (Å²) in [6.07, 6.45) is 1.12. The third kappa shape index (κ3) is 4.86. The maximum Gasteiger partial charge on any atom is 0.220 e. The Bertz CT molecular complexity index is 933. The summed E-state index contributed by atoms with van der Waals surface area (Å²) in [5.41, 5.74) is -0.977. The van der Waals surface area contributed by atoms with E-state index >= 15 is 0 Å². The first-order valence-electron chi connectivity index (χ1n) is 7.99. The second-order valence-electron chi connectivity index (χ2n) is 5.92. The SMILES string of the molecule is CCC1(O)N=CNC1F.CS(=O)(=O)c1ccc(-c2cccc(F)c2F)cc1. The average Bonchev–Trinajstić information content (AvgIpc) is 2.97. The van der Waals surface area contributed by atoms with Crippen LogP contribution in [0.15, 0.2) is 52.4 Å². The fourth-order valence-electron chi connectivity index (χ4n) is 2.29. The number of rotatable bonds is 3. The highest BCUT2D eigenvalue weighted by Crippen LogP contribution is 2.25. The molecule has 3 rings (SSSR count). The van der Waals surface area contributed by atoms with E-state index in [4.69, 9.17) is 5.11 Å². The van der Waals surface area contributed by atoms with Gasteiger partial charge in [-0.25, -0.2) is 26.6 Å². The van der Waals surface area contributed by atoms with E-state index in [0.29, 0.717) is 5.56 Å². The number of hydrogen-bond acceptors (Lipinski definition) is 5. The number of halogens is 3. The van der Waals surface area contributed by atoms with Crippen LogP contribution in [-0.2, 0) is 9.84 Å². The van der Waals surface area contributed by atoms with Gasteiger partial charge in [-0.2, -0.15) is 0 Å². The van der Waals surface area contributed by atoms with Gasteiger partial charge in [0.05, 0.1) is 11.2 Å². The molecule has 2 atom stereocenters. The van der Waals surface area contributed by atoms with E-state index in [2.05, 4.69) is 10.3 Å². The Balaban J connectivity index is 0.000000244. The molecular formula is C18H19F3N2O3S. The molecule has 0 aromatic heterocycles. The highest BCUT2D eigenvalue weighted by Gasteiger charge is 2.37. The van der Waals surface area contributed by atoms with Gasteiger partial charge in [-0.1, -0.05) is 31.2 Å². The largest absolute Gasteiger partial charge is 0.365 e. The van der Waals surface area contributed by atoms with Crippen LogP contribution in [0.25, 0.3) is 11.1 Å². The monoisotopic (exact) mass is 400 g/mol. The van der Waals surface area contributed by atoms with E-state index in [0.717, 1.165) is 12.3 Å². The quantitative estimate of drug-likeness (QED) is 0.777. The van der Waals surface area contributed by atoms with E-state index < -0.39 is 33.5 Å². The summed E-state index contributed by atoms with van der Waals surface area (Å²) in [6.45, 7) is 1.68. The zero-order valence-corrected chi connectivity index (χ0v) is 15.5. The van der Waals surface area contributed by atoms with Crippen LogP contribution in [0, 0.1) is 11.6 Å². The molecule has 0 saturated heterocycles. The predicted molar refractivity (Wildman–Crippen MR) is 96.7 cm³/mol. The maximum absolute atomic E-state index is 13.5. The summed E-state index contributed by atoms with van der Waals surface area (Å²) in [4.78, 5) is 3.65. The molecule has 2 unspecified atom stereocenters. The van der Waals surface area contributed by atoms with Gasteiger partial charge in [0.2, 0.25) is 12.0 Å². The van der Waals surface area contributed by atoms with Crippen LogP contribution < -0.4 is 5.32 Å². The van der Waals surface area contributed by atoms with Crippen molar-refractivity contribution >= 4 is 16.2 Å². The number of benzene rings is 2. The van der Waals surface area contributed by atoms with E-state index in [1.54, 1.807) is 6.92 Å². The van der Waals surface area contributed by atoms with Crippen molar-refractivity contribution in [2.75, 3.05) is 6.26 Å². The number of aliphatic imine (C=N–C) groups is 1. The highest BCUT2D eigenvalue weighted by molar-refractivity contribution is 7.90. The Morgan fingerprint density at radius 1 is 1.19 bits per heavy atom. The van der Waals surface area contributed by atoms with Crippen LogP contribution in [0.3, 0.4) is 0 Å². The first kappa shape index (κ1) is 20.9. The van der Waals surface area contributed by atoms with Gasteiger partial charge in [-0.3, -0.25) is 0 Å². The molecule has 0 fully saturated rings. The second kappa shape index (κ2) is 8.10. The smallest absolute Gasteiger partial charge is 0.220 e. The number of alkyl halides is 1. The van der Waals surface area contributed by atoms with Crippen LogP contribution in [-0.4, -0.2) is 38.1 Å². The molecule has 9 heteroatoms. The summed E-state index contributed by atoms with van der Waals surface area (Å²) in [7, 11) is -3.29. The van der Waals surface area contributed by atoms with Gasteiger partial charge in [-0.05, 0) is 30.2 Å². The van der Waals surface area contributed by atoms with E-state index in [1.165, 1.54) is 42.7 Å². The van der Waals surface area contributed by atoms with Crippen LogP contribution in [0.4, 0.5) is 13.2 Å². The molecule has 146 valence electrons. The molecule has 0 aliphatic carbocycles. The first-order chi connectivity index (χ1) is 12.6. The molecule has 2 aromatic carbocycles. The number of nitrogens with zero attached hydrogens (tertiary/aromatic N) is 1. The molecule has 0 amide bonds. The third-order valence-electron chi connectivity index (χ3n) is 3.98. The van der Waals surface area contributed by atoms with Gasteiger partial charge >= 0.3 is 0 Å². The minimum Gasteiger partial charge on any atom is -0.365 e. The van der Waals surface area contributed by atoms with Crippen molar-refractivity contribution in [2.24, 2.45) is 4.99 Å². The molecule has 27 heavy (non-hydrogen) atoms. The molecule has 2 N–H and O–H groups in total. The minimum absolute atomic E-state index is 0.107. The van der Waals surface area contributed by atoms with Crippen molar-refractivity contribution in [1.82, 2.24) is 5.32 Å². The molecule has 2 aromatic rings. The van der Waals surface area contributed by atoms with Crippen molar-refractivity contribution < 1.29 is 26.7 Å². The van der Waals surface area contributed by atoms with E-state index in [1.807, 2.05) is 0 Å².